The molecule has 1 fully saturated rings. The van der Waals surface area contributed by atoms with Crippen molar-refractivity contribution in [1.29, 1.82) is 0 Å². The molecule has 0 bridgehead atoms. The average molecular weight is 618 g/mol. The summed E-state index contributed by atoms with van der Waals surface area (Å²) in [6.45, 7) is 7.98. The number of aromatic nitrogens is 1. The van der Waals surface area contributed by atoms with Crippen LogP contribution in [0.25, 0.3) is 10.9 Å². The average Bonchev–Trinajstić information content (AvgIpc) is 3.46. The first kappa shape index (κ1) is 31.4. The number of carbonyl (C=O) groups is 1. The first-order valence-electron chi connectivity index (χ1n) is 16.1. The van der Waals surface area contributed by atoms with Crippen molar-refractivity contribution in [3.63, 3.8) is 0 Å². The number of ether oxygens (including phenoxy) is 3. The lowest BCUT2D eigenvalue weighted by molar-refractivity contribution is -0.121. The number of amides is 1. The molecule has 7 heteroatoms. The van der Waals surface area contributed by atoms with E-state index in [4.69, 9.17) is 14.2 Å². The number of morpholine rings is 1. The van der Waals surface area contributed by atoms with Gasteiger partial charge in [0.25, 0.3) is 0 Å². The number of carbonyl (C=O) groups excluding carboxylic acids is 1. The van der Waals surface area contributed by atoms with Gasteiger partial charge in [0.2, 0.25) is 5.91 Å². The number of hydrogen-bond donors (Lipinski definition) is 1. The molecule has 1 N–H and O–H groups in total. The molecule has 7 nitrogen and oxygen atoms in total. The van der Waals surface area contributed by atoms with Gasteiger partial charge in [-0.15, -0.1) is 0 Å². The zero-order chi connectivity index (χ0) is 31.7. The molecular weight excluding hydrogens is 574 g/mol. The van der Waals surface area contributed by atoms with Gasteiger partial charge in [0.05, 0.1) is 20.3 Å². The number of methoxy groups -OCH3 is 1. The highest BCUT2D eigenvalue weighted by Crippen LogP contribution is 2.39. The first-order valence-corrected chi connectivity index (χ1v) is 16.1. The highest BCUT2D eigenvalue weighted by molar-refractivity contribution is 5.87. The van der Waals surface area contributed by atoms with Crippen LogP contribution in [0.2, 0.25) is 0 Å². The van der Waals surface area contributed by atoms with Gasteiger partial charge in [-0.05, 0) is 47.4 Å². The molecule has 4 aromatic carbocycles. The number of nitrogens with zero attached hydrogens (tertiary/aromatic N) is 2. The number of hydrogen-bond acceptors (Lipinski definition) is 5. The Morgan fingerprint density at radius 2 is 1.65 bits per heavy atom. The number of nitrogens with one attached hydrogen (secondary N) is 1. The summed E-state index contributed by atoms with van der Waals surface area (Å²) in [7, 11) is 1.66. The van der Waals surface area contributed by atoms with Gasteiger partial charge in [0.15, 0.2) is 11.5 Å². The van der Waals surface area contributed by atoms with E-state index in [9.17, 15) is 4.79 Å². The fraction of sp³-hybridized carbons (Fsp3) is 0.308. The Morgan fingerprint density at radius 3 is 2.43 bits per heavy atom. The third kappa shape index (κ3) is 7.79. The van der Waals surface area contributed by atoms with Crippen LogP contribution in [0.3, 0.4) is 0 Å². The Morgan fingerprint density at radius 1 is 0.891 bits per heavy atom. The van der Waals surface area contributed by atoms with Crippen LogP contribution in [0.15, 0.2) is 103 Å². The minimum atomic E-state index is -0.197. The fourth-order valence-electron chi connectivity index (χ4n) is 6.18. The lowest BCUT2D eigenvalue weighted by Gasteiger charge is -2.26. The van der Waals surface area contributed by atoms with E-state index in [1.54, 1.807) is 7.11 Å². The summed E-state index contributed by atoms with van der Waals surface area (Å²) in [4.78, 5) is 15.9. The molecule has 0 aliphatic carbocycles. The van der Waals surface area contributed by atoms with E-state index in [1.165, 1.54) is 11.1 Å². The van der Waals surface area contributed by atoms with Crippen molar-refractivity contribution in [2.45, 2.75) is 32.4 Å². The van der Waals surface area contributed by atoms with Crippen molar-refractivity contribution in [3.05, 3.63) is 131 Å². The molecule has 6 rings (SSSR count). The molecule has 1 amide bonds. The molecule has 2 heterocycles. The fourth-order valence-corrected chi connectivity index (χ4v) is 6.18. The van der Waals surface area contributed by atoms with Crippen molar-refractivity contribution in [1.82, 2.24) is 14.8 Å². The van der Waals surface area contributed by atoms with Gasteiger partial charge in [-0.3, -0.25) is 9.69 Å². The molecule has 238 valence electrons. The predicted octanol–water partition coefficient (Wildman–Crippen LogP) is 6.56. The molecule has 0 spiro atoms. The minimum Gasteiger partial charge on any atom is -0.493 e. The van der Waals surface area contributed by atoms with Crippen LogP contribution in [-0.4, -0.2) is 61.9 Å². The molecule has 46 heavy (non-hydrogen) atoms. The van der Waals surface area contributed by atoms with Gasteiger partial charge in [-0.25, -0.2) is 0 Å². The minimum absolute atomic E-state index is 0.0243. The van der Waals surface area contributed by atoms with E-state index in [0.29, 0.717) is 31.1 Å². The van der Waals surface area contributed by atoms with Crippen LogP contribution < -0.4 is 14.8 Å². The van der Waals surface area contributed by atoms with Crippen molar-refractivity contribution >= 4 is 16.8 Å². The van der Waals surface area contributed by atoms with Gasteiger partial charge in [-0.1, -0.05) is 84.4 Å². The molecule has 5 aromatic rings. The normalized spacial score (nSPS) is 14.2. The van der Waals surface area contributed by atoms with Crippen LogP contribution in [0.5, 0.6) is 11.5 Å². The first-order chi connectivity index (χ1) is 22.6. The van der Waals surface area contributed by atoms with Crippen molar-refractivity contribution in [2.75, 3.05) is 46.5 Å². The van der Waals surface area contributed by atoms with E-state index in [2.05, 4.69) is 82.5 Å². The molecule has 0 radical (unpaired) electrons. The molecule has 1 aromatic heterocycles. The summed E-state index contributed by atoms with van der Waals surface area (Å²) >= 11 is 0. The Bertz CT molecular complexity index is 1730. The van der Waals surface area contributed by atoms with Crippen LogP contribution >= 0.6 is 0 Å². The quantitative estimate of drug-likeness (QED) is 0.162. The molecule has 0 saturated carbocycles. The van der Waals surface area contributed by atoms with E-state index < -0.39 is 0 Å². The second kappa shape index (κ2) is 15.1. The van der Waals surface area contributed by atoms with Crippen molar-refractivity contribution in [2.24, 2.45) is 0 Å². The lowest BCUT2D eigenvalue weighted by Crippen LogP contribution is -2.41. The standard InChI is InChI=1S/C39H43N3O4/c1-29-12-14-30(15-13-29)26-42-27-35(33-10-6-7-11-36(33)42)34(25-39(43)40-18-19-41-20-22-45-23-21-41)32-16-17-37(44-2)38(24-32)46-28-31-8-4-3-5-9-31/h3-17,24,27,34H,18-23,25-26,28H2,1-2H3,(H,40,43)/t34-/m0/s1. The van der Waals surface area contributed by atoms with Gasteiger partial charge >= 0.3 is 0 Å². The molecular formula is C39H43N3O4. The summed E-state index contributed by atoms with van der Waals surface area (Å²) in [5, 5.41) is 4.34. The van der Waals surface area contributed by atoms with E-state index in [-0.39, 0.29) is 11.8 Å². The third-order valence-corrected chi connectivity index (χ3v) is 8.74. The summed E-state index contributed by atoms with van der Waals surface area (Å²) < 4.78 is 19.8. The smallest absolute Gasteiger partial charge is 0.220 e. The monoisotopic (exact) mass is 617 g/mol. The maximum atomic E-state index is 13.6. The largest absolute Gasteiger partial charge is 0.493 e. The van der Waals surface area contributed by atoms with E-state index in [1.807, 2.05) is 42.5 Å². The van der Waals surface area contributed by atoms with Crippen LogP contribution in [0.4, 0.5) is 0 Å². The molecule has 1 aliphatic heterocycles. The Kier molecular flexibility index (Phi) is 10.3. The van der Waals surface area contributed by atoms with Crippen molar-refractivity contribution in [3.8, 4) is 11.5 Å². The summed E-state index contributed by atoms with van der Waals surface area (Å²) in [5.41, 5.74) is 6.81. The predicted molar refractivity (Wildman–Crippen MR) is 183 cm³/mol. The Balaban J connectivity index is 1.32. The van der Waals surface area contributed by atoms with Gasteiger partial charge in [-0.2, -0.15) is 0 Å². The summed E-state index contributed by atoms with van der Waals surface area (Å²) in [6.07, 6.45) is 2.54. The maximum Gasteiger partial charge on any atom is 0.220 e. The number of fused-ring (bicyclic) bond motifs is 1. The molecule has 1 aliphatic rings. The highest BCUT2D eigenvalue weighted by Gasteiger charge is 2.24. The van der Waals surface area contributed by atoms with Gasteiger partial charge in [0, 0.05) is 62.2 Å². The van der Waals surface area contributed by atoms with Crippen LogP contribution in [0, 0.1) is 6.92 Å². The third-order valence-electron chi connectivity index (χ3n) is 8.74. The second-order valence-corrected chi connectivity index (χ2v) is 12.0. The zero-order valence-electron chi connectivity index (χ0n) is 26.8. The summed E-state index contributed by atoms with van der Waals surface area (Å²) in [5.74, 6) is 1.15. The number of benzene rings is 4. The van der Waals surface area contributed by atoms with E-state index >= 15 is 0 Å². The van der Waals surface area contributed by atoms with Crippen LogP contribution in [-0.2, 0) is 22.7 Å². The number of para-hydroxylation sites is 1. The second-order valence-electron chi connectivity index (χ2n) is 12.0. The SMILES string of the molecule is COc1ccc([C@H](CC(=O)NCCN2CCOCC2)c2cn(Cc3ccc(C)cc3)c3ccccc23)cc1OCc1ccccc1. The zero-order valence-corrected chi connectivity index (χ0v) is 26.8. The molecule has 1 atom stereocenters. The van der Waals surface area contributed by atoms with Crippen LogP contribution in [0.1, 0.15) is 40.2 Å². The summed E-state index contributed by atoms with van der Waals surface area (Å²) in [6, 6.07) is 33.3. The number of rotatable bonds is 13. The van der Waals surface area contributed by atoms with Crippen molar-refractivity contribution < 1.29 is 19.0 Å². The molecule has 1 saturated heterocycles. The van der Waals surface area contributed by atoms with E-state index in [0.717, 1.165) is 67.0 Å². The topological polar surface area (TPSA) is 65.0 Å². The number of aryl methyl sites for hydroxylation is 1. The Hall–Kier alpha value is -4.59. The molecule has 0 unspecified atom stereocenters. The Labute approximate surface area is 271 Å². The maximum absolute atomic E-state index is 13.6. The van der Waals surface area contributed by atoms with Gasteiger partial charge < -0.3 is 24.1 Å². The highest BCUT2D eigenvalue weighted by atomic mass is 16.5. The lowest BCUT2D eigenvalue weighted by atomic mass is 9.87. The van der Waals surface area contributed by atoms with Gasteiger partial charge in [0.1, 0.15) is 6.61 Å².